The van der Waals surface area contributed by atoms with Crippen molar-refractivity contribution in [3.05, 3.63) is 53.8 Å². The van der Waals surface area contributed by atoms with Crippen LogP contribution in [0.1, 0.15) is 43.0 Å². The number of nitrogens with one attached hydrogen (secondary N) is 3. The summed E-state index contributed by atoms with van der Waals surface area (Å²) in [5, 5.41) is 8.23. The zero-order chi connectivity index (χ0) is 20.6. The average molecular weight is 398 g/mol. The van der Waals surface area contributed by atoms with Gasteiger partial charge in [-0.25, -0.2) is 9.18 Å². The molecule has 1 aliphatic rings. The summed E-state index contributed by atoms with van der Waals surface area (Å²) in [7, 11) is 0. The molecule has 0 aromatic heterocycles. The molecule has 0 aliphatic carbocycles. The molecule has 1 saturated heterocycles. The number of carbonyl (C=O) groups excluding carboxylic acids is 2. The van der Waals surface area contributed by atoms with Gasteiger partial charge >= 0.3 is 6.03 Å². The van der Waals surface area contributed by atoms with Crippen LogP contribution in [0.3, 0.4) is 0 Å². The second-order valence-corrected chi connectivity index (χ2v) is 7.13. The maximum absolute atomic E-state index is 13.3. The van der Waals surface area contributed by atoms with Gasteiger partial charge in [-0.2, -0.15) is 0 Å². The van der Waals surface area contributed by atoms with E-state index >= 15 is 0 Å². The van der Waals surface area contributed by atoms with Gasteiger partial charge in [0, 0.05) is 36.7 Å². The van der Waals surface area contributed by atoms with E-state index in [2.05, 4.69) is 20.9 Å². The predicted octanol–water partition coefficient (Wildman–Crippen LogP) is 4.60. The molecule has 3 rings (SSSR count). The number of piperidine rings is 1. The number of anilines is 3. The van der Waals surface area contributed by atoms with Crippen LogP contribution >= 0.6 is 0 Å². The predicted molar refractivity (Wildman–Crippen MR) is 114 cm³/mol. The summed E-state index contributed by atoms with van der Waals surface area (Å²) in [6.45, 7) is 4.43. The average Bonchev–Trinajstić information content (AvgIpc) is 2.72. The van der Waals surface area contributed by atoms with Gasteiger partial charge in [-0.15, -0.1) is 0 Å². The van der Waals surface area contributed by atoms with Crippen molar-refractivity contribution >= 4 is 29.0 Å². The monoisotopic (exact) mass is 398 g/mol. The Bertz CT molecular complexity index is 866. The van der Waals surface area contributed by atoms with Crippen molar-refractivity contribution in [1.29, 1.82) is 0 Å². The molecule has 0 radical (unpaired) electrons. The van der Waals surface area contributed by atoms with Gasteiger partial charge in [0.15, 0.2) is 0 Å². The first-order chi connectivity index (χ1) is 14.1. The number of hydrogen-bond donors (Lipinski definition) is 3. The topological polar surface area (TPSA) is 73.5 Å². The van der Waals surface area contributed by atoms with E-state index in [-0.39, 0.29) is 5.91 Å². The van der Waals surface area contributed by atoms with Gasteiger partial charge in [0.2, 0.25) is 0 Å². The highest BCUT2D eigenvalue weighted by Gasteiger charge is 2.19. The van der Waals surface area contributed by atoms with Crippen LogP contribution in [0.4, 0.5) is 26.2 Å². The number of rotatable bonds is 6. The molecule has 1 fully saturated rings. The van der Waals surface area contributed by atoms with Crippen LogP contribution in [-0.2, 0) is 0 Å². The minimum atomic E-state index is -0.499. The highest BCUT2D eigenvalue weighted by Crippen LogP contribution is 2.27. The van der Waals surface area contributed by atoms with Crippen molar-refractivity contribution in [2.45, 2.75) is 32.6 Å². The molecule has 0 bridgehead atoms. The molecular formula is C22H27FN4O2. The smallest absolute Gasteiger partial charge is 0.323 e. The van der Waals surface area contributed by atoms with E-state index in [1.807, 2.05) is 13.0 Å². The van der Waals surface area contributed by atoms with Gasteiger partial charge < -0.3 is 20.9 Å². The van der Waals surface area contributed by atoms with Crippen LogP contribution < -0.4 is 20.9 Å². The third-order valence-electron chi connectivity index (χ3n) is 4.81. The third-order valence-corrected chi connectivity index (χ3v) is 4.81. The summed E-state index contributed by atoms with van der Waals surface area (Å²) < 4.78 is 13.3. The van der Waals surface area contributed by atoms with Crippen molar-refractivity contribution in [2.75, 3.05) is 35.2 Å². The van der Waals surface area contributed by atoms with Gasteiger partial charge in [-0.3, -0.25) is 4.79 Å². The quantitative estimate of drug-likeness (QED) is 0.666. The number of halogens is 1. The first kappa shape index (κ1) is 20.6. The normalized spacial score (nSPS) is 13.7. The van der Waals surface area contributed by atoms with Crippen molar-refractivity contribution in [3.63, 3.8) is 0 Å². The lowest BCUT2D eigenvalue weighted by Crippen LogP contribution is -2.33. The SMILES string of the molecule is CCCNC(=O)c1cc(NC(=O)Nc2cccc(F)c2)ccc1N1CCCCC1. The molecule has 154 valence electrons. The van der Waals surface area contributed by atoms with Crippen molar-refractivity contribution < 1.29 is 14.0 Å². The van der Waals surface area contributed by atoms with Crippen LogP contribution in [0.2, 0.25) is 0 Å². The molecular weight excluding hydrogens is 371 g/mol. The highest BCUT2D eigenvalue weighted by atomic mass is 19.1. The molecule has 0 spiro atoms. The van der Waals surface area contributed by atoms with E-state index < -0.39 is 11.8 Å². The minimum absolute atomic E-state index is 0.151. The summed E-state index contributed by atoms with van der Waals surface area (Å²) in [5.41, 5.74) is 2.29. The summed E-state index contributed by atoms with van der Waals surface area (Å²) in [4.78, 5) is 27.2. The molecule has 3 N–H and O–H groups in total. The Hall–Kier alpha value is -3.09. The number of urea groups is 1. The fourth-order valence-corrected chi connectivity index (χ4v) is 3.40. The first-order valence-corrected chi connectivity index (χ1v) is 10.1. The van der Waals surface area contributed by atoms with Gasteiger partial charge in [0.1, 0.15) is 5.82 Å². The summed E-state index contributed by atoms with van der Waals surface area (Å²) in [6, 6.07) is 10.5. The zero-order valence-electron chi connectivity index (χ0n) is 16.6. The summed E-state index contributed by atoms with van der Waals surface area (Å²) in [6.07, 6.45) is 4.25. The Balaban J connectivity index is 1.77. The van der Waals surface area contributed by atoms with Crippen LogP contribution in [0, 0.1) is 5.82 Å². The minimum Gasteiger partial charge on any atom is -0.371 e. The van der Waals surface area contributed by atoms with Gasteiger partial charge in [-0.1, -0.05) is 13.0 Å². The molecule has 2 aromatic rings. The van der Waals surface area contributed by atoms with Crippen molar-refractivity contribution in [1.82, 2.24) is 5.32 Å². The van der Waals surface area contributed by atoms with E-state index in [9.17, 15) is 14.0 Å². The van der Waals surface area contributed by atoms with E-state index in [4.69, 9.17) is 0 Å². The van der Waals surface area contributed by atoms with Crippen LogP contribution in [-0.4, -0.2) is 31.6 Å². The van der Waals surface area contributed by atoms with Gasteiger partial charge in [-0.05, 0) is 62.1 Å². The third kappa shape index (κ3) is 5.70. The van der Waals surface area contributed by atoms with Gasteiger partial charge in [0.05, 0.1) is 5.56 Å². The number of hydrogen-bond acceptors (Lipinski definition) is 3. The van der Waals surface area contributed by atoms with Crippen LogP contribution in [0.25, 0.3) is 0 Å². The Morgan fingerprint density at radius 1 is 1.00 bits per heavy atom. The standard InChI is InChI=1S/C22H27FN4O2/c1-2-11-24-21(28)19-15-18(9-10-20(19)27-12-4-3-5-13-27)26-22(29)25-17-8-6-7-16(23)14-17/h6-10,14-15H,2-5,11-13H2,1H3,(H,24,28)(H2,25,26,29). The van der Waals surface area contributed by atoms with Crippen LogP contribution in [0.5, 0.6) is 0 Å². The molecule has 7 heteroatoms. The first-order valence-electron chi connectivity index (χ1n) is 10.1. The largest absolute Gasteiger partial charge is 0.371 e. The van der Waals surface area contributed by atoms with E-state index in [1.54, 1.807) is 18.2 Å². The van der Waals surface area contributed by atoms with Crippen molar-refractivity contribution in [2.24, 2.45) is 0 Å². The van der Waals surface area contributed by atoms with Crippen molar-refractivity contribution in [3.8, 4) is 0 Å². The second-order valence-electron chi connectivity index (χ2n) is 7.13. The molecule has 0 unspecified atom stereocenters. The lowest BCUT2D eigenvalue weighted by atomic mass is 10.1. The summed E-state index contributed by atoms with van der Waals surface area (Å²) in [5.74, 6) is -0.579. The van der Waals surface area contributed by atoms with E-state index in [0.717, 1.165) is 38.0 Å². The molecule has 0 saturated carbocycles. The molecule has 2 aromatic carbocycles. The summed E-state index contributed by atoms with van der Waals surface area (Å²) >= 11 is 0. The maximum atomic E-state index is 13.3. The van der Waals surface area contributed by atoms with Crippen LogP contribution in [0.15, 0.2) is 42.5 Å². The van der Waals surface area contributed by atoms with E-state index in [0.29, 0.717) is 23.5 Å². The molecule has 29 heavy (non-hydrogen) atoms. The molecule has 0 atom stereocenters. The molecule has 1 aliphatic heterocycles. The fraction of sp³-hybridized carbons (Fsp3) is 0.364. The Labute approximate surface area is 170 Å². The van der Waals surface area contributed by atoms with E-state index in [1.165, 1.54) is 24.6 Å². The number of benzene rings is 2. The maximum Gasteiger partial charge on any atom is 0.323 e. The Morgan fingerprint density at radius 2 is 1.72 bits per heavy atom. The number of amides is 3. The molecule has 1 heterocycles. The zero-order valence-corrected chi connectivity index (χ0v) is 16.6. The lowest BCUT2D eigenvalue weighted by molar-refractivity contribution is 0.0954. The van der Waals surface area contributed by atoms with Gasteiger partial charge in [0.25, 0.3) is 5.91 Å². The number of nitrogens with zero attached hydrogens (tertiary/aromatic N) is 1. The lowest BCUT2D eigenvalue weighted by Gasteiger charge is -2.30. The second kappa shape index (κ2) is 9.91. The molecule has 6 nitrogen and oxygen atoms in total. The Kier molecular flexibility index (Phi) is 7.05. The molecule has 3 amide bonds. The highest BCUT2D eigenvalue weighted by molar-refractivity contribution is 6.04. The number of carbonyl (C=O) groups is 2. The fourth-order valence-electron chi connectivity index (χ4n) is 3.40. The Morgan fingerprint density at radius 3 is 2.41 bits per heavy atom.